The summed E-state index contributed by atoms with van der Waals surface area (Å²) < 4.78 is 0. The van der Waals surface area contributed by atoms with Crippen molar-refractivity contribution in [3.63, 3.8) is 0 Å². The molecular formula is C37H38N2. The zero-order valence-corrected chi connectivity index (χ0v) is 23.3. The van der Waals surface area contributed by atoms with Crippen molar-refractivity contribution < 1.29 is 0 Å². The lowest BCUT2D eigenvalue weighted by Crippen LogP contribution is -1.91. The quantitative estimate of drug-likeness (QED) is 0.178. The van der Waals surface area contributed by atoms with Crippen molar-refractivity contribution in [3.8, 4) is 34.4 Å². The highest BCUT2D eigenvalue weighted by Gasteiger charge is 2.06. The molecule has 0 saturated heterocycles. The molecule has 4 aromatic carbocycles. The minimum absolute atomic E-state index is 0.701. The summed E-state index contributed by atoms with van der Waals surface area (Å²) in [6.45, 7) is 4.20. The molecule has 196 valence electrons. The van der Waals surface area contributed by atoms with E-state index in [1.807, 2.05) is 37.3 Å². The lowest BCUT2D eigenvalue weighted by molar-refractivity contribution is 0.579. The van der Waals surface area contributed by atoms with Crippen LogP contribution in [0.3, 0.4) is 0 Å². The molecule has 0 aliphatic carbocycles. The Morgan fingerprint density at radius 2 is 1.03 bits per heavy atom. The van der Waals surface area contributed by atoms with Crippen LogP contribution in [-0.4, -0.2) is 0 Å². The van der Waals surface area contributed by atoms with Crippen LogP contribution in [-0.2, 0) is 12.8 Å². The van der Waals surface area contributed by atoms with Gasteiger partial charge in [0, 0.05) is 0 Å². The van der Waals surface area contributed by atoms with Crippen molar-refractivity contribution >= 4 is 0 Å². The van der Waals surface area contributed by atoms with Crippen LogP contribution in [0.4, 0.5) is 0 Å². The number of nitriles is 2. The Bertz CT molecular complexity index is 1450. The third kappa shape index (κ3) is 7.92. The molecule has 0 aromatic heterocycles. The van der Waals surface area contributed by atoms with E-state index >= 15 is 0 Å². The molecule has 0 amide bonds. The van der Waals surface area contributed by atoms with E-state index in [1.54, 1.807) is 0 Å². The number of rotatable bonds is 12. The van der Waals surface area contributed by atoms with E-state index in [2.05, 4.69) is 73.7 Å². The van der Waals surface area contributed by atoms with Gasteiger partial charge in [-0.15, -0.1) is 0 Å². The van der Waals surface area contributed by atoms with E-state index in [0.717, 1.165) is 29.5 Å². The molecular weight excluding hydrogens is 472 g/mol. The van der Waals surface area contributed by atoms with E-state index in [9.17, 15) is 5.26 Å². The van der Waals surface area contributed by atoms with Gasteiger partial charge in [-0.05, 0) is 102 Å². The van der Waals surface area contributed by atoms with Crippen molar-refractivity contribution in [1.29, 1.82) is 10.5 Å². The van der Waals surface area contributed by atoms with Crippen LogP contribution < -0.4 is 0 Å². The molecule has 2 nitrogen and oxygen atoms in total. The maximum Gasteiger partial charge on any atom is 0.0994 e. The Morgan fingerprint density at radius 3 is 1.59 bits per heavy atom. The van der Waals surface area contributed by atoms with E-state index in [-0.39, 0.29) is 0 Å². The molecule has 0 atom stereocenters. The molecule has 0 radical (unpaired) electrons. The number of aryl methyl sites for hydroxylation is 4. The largest absolute Gasteiger partial charge is 0.192 e. The van der Waals surface area contributed by atoms with Gasteiger partial charge < -0.3 is 0 Å². The standard InChI is InChI=1S/C37H38N2/c1-28-25-35(21-22-36(28)27-39)37-23-16-31(24-29(37)2)11-9-7-5-3-4-6-8-10-30-12-17-33(18-13-30)34-19-14-32(26-38)15-20-34/h12-25H,3-11H2,1-2H3. The van der Waals surface area contributed by atoms with Gasteiger partial charge in [-0.25, -0.2) is 0 Å². The van der Waals surface area contributed by atoms with Gasteiger partial charge in [0.25, 0.3) is 0 Å². The molecule has 0 N–H and O–H groups in total. The first-order valence-corrected chi connectivity index (χ1v) is 14.3. The SMILES string of the molecule is Cc1cc(-c2ccc(CCCCCCCCCc3ccc(-c4ccc(C#N)cc4)cc3)cc2C)ccc1C#N. The normalized spacial score (nSPS) is 10.7. The number of hydrogen-bond acceptors (Lipinski definition) is 2. The Hall–Kier alpha value is -4.14. The Balaban J connectivity index is 1.10. The molecule has 0 aliphatic rings. The smallest absolute Gasteiger partial charge is 0.0994 e. The fraction of sp³-hybridized carbons (Fsp3) is 0.297. The average Bonchev–Trinajstić information content (AvgIpc) is 2.96. The monoisotopic (exact) mass is 510 g/mol. The van der Waals surface area contributed by atoms with E-state index in [4.69, 9.17) is 5.26 Å². The van der Waals surface area contributed by atoms with Crippen molar-refractivity contribution in [2.45, 2.75) is 71.6 Å². The predicted molar refractivity (Wildman–Crippen MR) is 162 cm³/mol. The maximum absolute atomic E-state index is 9.18. The van der Waals surface area contributed by atoms with Gasteiger partial charge in [-0.2, -0.15) is 10.5 Å². The number of nitrogens with zero attached hydrogens (tertiary/aromatic N) is 2. The van der Waals surface area contributed by atoms with Gasteiger partial charge in [0.15, 0.2) is 0 Å². The van der Waals surface area contributed by atoms with Crippen LogP contribution in [0.1, 0.15) is 78.3 Å². The predicted octanol–water partition coefficient (Wildman–Crippen LogP) is 9.90. The van der Waals surface area contributed by atoms with Crippen LogP contribution in [0.15, 0.2) is 84.9 Å². The number of unbranched alkanes of at least 4 members (excludes halogenated alkanes) is 6. The van der Waals surface area contributed by atoms with Gasteiger partial charge >= 0.3 is 0 Å². The summed E-state index contributed by atoms with van der Waals surface area (Å²) in [6.07, 6.45) is 11.4. The second-order valence-electron chi connectivity index (χ2n) is 10.7. The lowest BCUT2D eigenvalue weighted by Gasteiger charge is -2.10. The van der Waals surface area contributed by atoms with Crippen LogP contribution in [0.5, 0.6) is 0 Å². The number of benzene rings is 4. The molecule has 0 saturated carbocycles. The van der Waals surface area contributed by atoms with Gasteiger partial charge in [-0.1, -0.05) is 98.8 Å². The first kappa shape index (κ1) is 27.9. The molecule has 0 spiro atoms. The fourth-order valence-corrected chi connectivity index (χ4v) is 5.31. The summed E-state index contributed by atoms with van der Waals surface area (Å²) in [5, 5.41) is 18.1. The maximum atomic E-state index is 9.18. The summed E-state index contributed by atoms with van der Waals surface area (Å²) in [7, 11) is 0. The molecule has 0 fully saturated rings. The highest BCUT2D eigenvalue weighted by Crippen LogP contribution is 2.27. The Morgan fingerprint density at radius 1 is 0.487 bits per heavy atom. The van der Waals surface area contributed by atoms with Crippen LogP contribution in [0.25, 0.3) is 22.3 Å². The lowest BCUT2D eigenvalue weighted by atomic mass is 9.94. The molecule has 0 aliphatic heterocycles. The highest BCUT2D eigenvalue weighted by molar-refractivity contribution is 5.69. The Kier molecular flexibility index (Phi) is 10.1. The summed E-state index contributed by atoms with van der Waals surface area (Å²) in [5.74, 6) is 0. The van der Waals surface area contributed by atoms with E-state index in [0.29, 0.717) is 5.56 Å². The minimum Gasteiger partial charge on any atom is -0.192 e. The molecule has 0 unspecified atom stereocenters. The van der Waals surface area contributed by atoms with Crippen LogP contribution >= 0.6 is 0 Å². The first-order valence-electron chi connectivity index (χ1n) is 14.3. The molecule has 39 heavy (non-hydrogen) atoms. The van der Waals surface area contributed by atoms with Crippen molar-refractivity contribution in [1.82, 2.24) is 0 Å². The second kappa shape index (κ2) is 14.1. The number of hydrogen-bond donors (Lipinski definition) is 0. The van der Waals surface area contributed by atoms with Crippen molar-refractivity contribution in [2.24, 2.45) is 0 Å². The third-order valence-corrected chi connectivity index (χ3v) is 7.68. The summed E-state index contributed by atoms with van der Waals surface area (Å²) in [5.41, 5.74) is 11.4. The summed E-state index contributed by atoms with van der Waals surface area (Å²) in [6, 6.07) is 34.0. The second-order valence-corrected chi connectivity index (χ2v) is 10.7. The van der Waals surface area contributed by atoms with E-state index in [1.165, 1.54) is 78.3 Å². The first-order chi connectivity index (χ1) is 19.1. The third-order valence-electron chi connectivity index (χ3n) is 7.68. The molecule has 4 rings (SSSR count). The molecule has 4 aromatic rings. The van der Waals surface area contributed by atoms with Gasteiger partial charge in [0.1, 0.15) is 0 Å². The molecule has 2 heteroatoms. The Labute approximate surface area is 234 Å². The van der Waals surface area contributed by atoms with Gasteiger partial charge in [0.2, 0.25) is 0 Å². The molecule has 0 heterocycles. The average molecular weight is 511 g/mol. The van der Waals surface area contributed by atoms with Crippen molar-refractivity contribution in [2.75, 3.05) is 0 Å². The van der Waals surface area contributed by atoms with Crippen molar-refractivity contribution in [3.05, 3.63) is 118 Å². The zero-order chi connectivity index (χ0) is 27.5. The van der Waals surface area contributed by atoms with E-state index < -0.39 is 0 Å². The zero-order valence-electron chi connectivity index (χ0n) is 23.3. The minimum atomic E-state index is 0.701. The summed E-state index contributed by atoms with van der Waals surface area (Å²) in [4.78, 5) is 0. The van der Waals surface area contributed by atoms with Crippen LogP contribution in [0, 0.1) is 36.5 Å². The topological polar surface area (TPSA) is 47.6 Å². The van der Waals surface area contributed by atoms with Gasteiger partial charge in [0.05, 0.1) is 23.3 Å². The van der Waals surface area contributed by atoms with Gasteiger partial charge in [-0.3, -0.25) is 0 Å². The fourth-order valence-electron chi connectivity index (χ4n) is 5.31. The van der Waals surface area contributed by atoms with Crippen LogP contribution in [0.2, 0.25) is 0 Å². The summed E-state index contributed by atoms with van der Waals surface area (Å²) >= 11 is 0. The highest BCUT2D eigenvalue weighted by atomic mass is 14.2. The molecule has 0 bridgehead atoms.